The smallest absolute Gasteiger partial charge is 0.203 e. The highest BCUT2D eigenvalue weighted by Crippen LogP contribution is 2.29. The van der Waals surface area contributed by atoms with Crippen LogP contribution in [0.2, 0.25) is 0 Å². The van der Waals surface area contributed by atoms with Crippen molar-refractivity contribution in [1.29, 1.82) is 0 Å². The Labute approximate surface area is 94.9 Å². The zero-order chi connectivity index (χ0) is 12.2. The van der Waals surface area contributed by atoms with E-state index in [0.717, 1.165) is 6.42 Å². The molecule has 1 aromatic rings. The second-order valence-corrected chi connectivity index (χ2v) is 3.84. The Morgan fingerprint density at radius 2 is 2.25 bits per heavy atom. The van der Waals surface area contributed by atoms with Gasteiger partial charge in [0.15, 0.2) is 11.6 Å². The Balaban J connectivity index is 3.01. The lowest BCUT2D eigenvalue weighted by molar-refractivity contribution is 0.218. The highest BCUT2D eigenvalue weighted by atomic mass is 16.5. The fourth-order valence-corrected chi connectivity index (χ4v) is 1.20. The quantitative estimate of drug-likeness (QED) is 0.682. The molecule has 1 unspecified atom stereocenters. The van der Waals surface area contributed by atoms with Crippen LogP contribution >= 0.6 is 0 Å². The van der Waals surface area contributed by atoms with E-state index >= 15 is 0 Å². The fraction of sp³-hybridized carbons (Fsp3) is 0.600. The Hall–Kier alpha value is -1.56. The Morgan fingerprint density at radius 3 is 2.75 bits per heavy atom. The number of rotatable bonds is 5. The minimum Gasteiger partial charge on any atom is -0.490 e. The van der Waals surface area contributed by atoms with E-state index < -0.39 is 5.54 Å². The number of aliphatic hydroxyl groups excluding tert-OH is 1. The molecule has 6 nitrogen and oxygen atoms in total. The van der Waals surface area contributed by atoms with Gasteiger partial charge in [-0.3, -0.25) is 0 Å². The third-order valence-electron chi connectivity index (χ3n) is 2.58. The van der Waals surface area contributed by atoms with Crippen LogP contribution in [0.4, 0.5) is 11.6 Å². The average molecular weight is 226 g/mol. The highest BCUT2D eigenvalue weighted by molar-refractivity contribution is 5.62. The molecule has 1 aromatic heterocycles. The summed E-state index contributed by atoms with van der Waals surface area (Å²) in [5.74, 6) is 1.17. The van der Waals surface area contributed by atoms with Gasteiger partial charge in [0.2, 0.25) is 5.75 Å². The van der Waals surface area contributed by atoms with Crippen LogP contribution in [0, 0.1) is 0 Å². The van der Waals surface area contributed by atoms with Gasteiger partial charge in [-0.25, -0.2) is 9.97 Å². The molecule has 0 amide bonds. The summed E-state index contributed by atoms with van der Waals surface area (Å²) < 4.78 is 5.12. The van der Waals surface area contributed by atoms with E-state index in [9.17, 15) is 5.11 Å². The molecule has 0 aliphatic heterocycles. The number of methoxy groups -OCH3 is 1. The number of ether oxygens (including phenoxy) is 1. The first kappa shape index (κ1) is 12.5. The van der Waals surface area contributed by atoms with Crippen LogP contribution < -0.4 is 15.8 Å². The average Bonchev–Trinajstić information content (AvgIpc) is 2.29. The van der Waals surface area contributed by atoms with Gasteiger partial charge in [0, 0.05) is 0 Å². The fourth-order valence-electron chi connectivity index (χ4n) is 1.20. The Morgan fingerprint density at radius 1 is 1.56 bits per heavy atom. The summed E-state index contributed by atoms with van der Waals surface area (Å²) in [7, 11) is 1.50. The first-order valence-corrected chi connectivity index (χ1v) is 5.10. The van der Waals surface area contributed by atoms with Crippen LogP contribution in [0.25, 0.3) is 0 Å². The molecule has 6 heteroatoms. The molecule has 1 heterocycles. The number of aromatic nitrogens is 2. The van der Waals surface area contributed by atoms with Crippen molar-refractivity contribution >= 4 is 11.6 Å². The van der Waals surface area contributed by atoms with Crippen molar-refractivity contribution in [2.75, 3.05) is 24.8 Å². The van der Waals surface area contributed by atoms with Crippen LogP contribution in [0.15, 0.2) is 6.33 Å². The van der Waals surface area contributed by atoms with E-state index in [1.807, 2.05) is 13.8 Å². The van der Waals surface area contributed by atoms with Gasteiger partial charge < -0.3 is 20.9 Å². The van der Waals surface area contributed by atoms with Gasteiger partial charge in [-0.05, 0) is 13.3 Å². The second kappa shape index (κ2) is 4.98. The largest absolute Gasteiger partial charge is 0.490 e. The van der Waals surface area contributed by atoms with Crippen molar-refractivity contribution in [1.82, 2.24) is 9.97 Å². The molecule has 0 saturated heterocycles. The summed E-state index contributed by atoms with van der Waals surface area (Å²) in [6, 6.07) is 0. The maximum absolute atomic E-state index is 9.30. The van der Waals surface area contributed by atoms with Crippen LogP contribution in [-0.2, 0) is 0 Å². The second-order valence-electron chi connectivity index (χ2n) is 3.84. The Bertz CT molecular complexity index is 353. The number of anilines is 2. The summed E-state index contributed by atoms with van der Waals surface area (Å²) in [5, 5.41) is 12.4. The Kier molecular flexibility index (Phi) is 3.89. The topological polar surface area (TPSA) is 93.3 Å². The number of nitrogens with zero attached hydrogens (tertiary/aromatic N) is 2. The number of aliphatic hydroxyl groups is 1. The van der Waals surface area contributed by atoms with Crippen molar-refractivity contribution < 1.29 is 9.84 Å². The number of hydrogen-bond acceptors (Lipinski definition) is 6. The standard InChI is InChI=1S/C10H18N4O2/c1-4-10(2,5-15)14-9-7(16-3)8(11)12-6-13-9/h6,15H,4-5H2,1-3H3,(H3,11,12,13,14). The van der Waals surface area contributed by atoms with Crippen molar-refractivity contribution in [3.8, 4) is 5.75 Å². The monoisotopic (exact) mass is 226 g/mol. The lowest BCUT2D eigenvalue weighted by atomic mass is 10.0. The molecule has 0 saturated carbocycles. The molecule has 0 aliphatic carbocycles. The number of nitrogens with one attached hydrogen (secondary N) is 1. The molecule has 0 aliphatic rings. The lowest BCUT2D eigenvalue weighted by Crippen LogP contribution is -2.38. The van der Waals surface area contributed by atoms with Crippen molar-refractivity contribution in [3.63, 3.8) is 0 Å². The zero-order valence-corrected chi connectivity index (χ0v) is 9.82. The van der Waals surface area contributed by atoms with Gasteiger partial charge in [-0.2, -0.15) is 0 Å². The van der Waals surface area contributed by atoms with Crippen LogP contribution in [0.3, 0.4) is 0 Å². The zero-order valence-electron chi connectivity index (χ0n) is 9.82. The van der Waals surface area contributed by atoms with E-state index in [2.05, 4.69) is 15.3 Å². The van der Waals surface area contributed by atoms with Crippen molar-refractivity contribution in [2.45, 2.75) is 25.8 Å². The molecule has 0 bridgehead atoms. The first-order chi connectivity index (χ1) is 7.56. The van der Waals surface area contributed by atoms with E-state index in [4.69, 9.17) is 10.5 Å². The third kappa shape index (κ3) is 2.52. The highest BCUT2D eigenvalue weighted by Gasteiger charge is 2.23. The first-order valence-electron chi connectivity index (χ1n) is 5.10. The minimum atomic E-state index is -0.450. The van der Waals surface area contributed by atoms with Crippen molar-refractivity contribution in [3.05, 3.63) is 6.33 Å². The van der Waals surface area contributed by atoms with Crippen LogP contribution in [0.5, 0.6) is 5.75 Å². The predicted molar refractivity (Wildman–Crippen MR) is 62.4 cm³/mol. The van der Waals surface area contributed by atoms with E-state index in [1.54, 1.807) is 0 Å². The molecular weight excluding hydrogens is 208 g/mol. The summed E-state index contributed by atoms with van der Waals surface area (Å²) in [6.07, 6.45) is 2.10. The van der Waals surface area contributed by atoms with Gasteiger partial charge in [0.25, 0.3) is 0 Å². The van der Waals surface area contributed by atoms with Crippen LogP contribution in [0.1, 0.15) is 20.3 Å². The van der Waals surface area contributed by atoms with E-state index in [0.29, 0.717) is 11.6 Å². The molecule has 1 rings (SSSR count). The molecule has 4 N–H and O–H groups in total. The van der Waals surface area contributed by atoms with Gasteiger partial charge in [0.05, 0.1) is 19.3 Å². The van der Waals surface area contributed by atoms with E-state index in [1.165, 1.54) is 13.4 Å². The van der Waals surface area contributed by atoms with Gasteiger partial charge >= 0.3 is 0 Å². The summed E-state index contributed by atoms with van der Waals surface area (Å²) in [6.45, 7) is 3.86. The molecule has 1 atom stereocenters. The molecular formula is C10H18N4O2. The molecule has 16 heavy (non-hydrogen) atoms. The SMILES string of the molecule is CCC(C)(CO)Nc1ncnc(N)c1OC. The van der Waals surface area contributed by atoms with E-state index in [-0.39, 0.29) is 12.4 Å². The molecule has 0 aromatic carbocycles. The number of hydrogen-bond donors (Lipinski definition) is 3. The van der Waals surface area contributed by atoms with Gasteiger partial charge in [-0.1, -0.05) is 6.92 Å². The molecule has 0 radical (unpaired) electrons. The normalized spacial score (nSPS) is 14.2. The van der Waals surface area contributed by atoms with Gasteiger partial charge in [0.1, 0.15) is 6.33 Å². The third-order valence-corrected chi connectivity index (χ3v) is 2.58. The predicted octanol–water partition coefficient (Wildman–Crippen LogP) is 0.640. The lowest BCUT2D eigenvalue weighted by Gasteiger charge is -2.28. The number of nitrogen functional groups attached to an aromatic ring is 1. The number of nitrogens with two attached hydrogens (primary N) is 1. The summed E-state index contributed by atoms with van der Waals surface area (Å²) in [5.41, 5.74) is 5.20. The summed E-state index contributed by atoms with van der Waals surface area (Å²) in [4.78, 5) is 7.88. The minimum absolute atomic E-state index is 0.00341. The molecule has 0 fully saturated rings. The maximum Gasteiger partial charge on any atom is 0.203 e. The maximum atomic E-state index is 9.30. The molecule has 0 spiro atoms. The van der Waals surface area contributed by atoms with Gasteiger partial charge in [-0.15, -0.1) is 0 Å². The van der Waals surface area contributed by atoms with Crippen molar-refractivity contribution in [2.24, 2.45) is 0 Å². The molecule has 90 valence electrons. The summed E-state index contributed by atoms with van der Waals surface area (Å²) >= 11 is 0. The van der Waals surface area contributed by atoms with Crippen LogP contribution in [-0.4, -0.2) is 34.3 Å².